The van der Waals surface area contributed by atoms with Gasteiger partial charge in [0.1, 0.15) is 0 Å². The van der Waals surface area contributed by atoms with Crippen LogP contribution >= 0.6 is 0 Å². The second-order valence-electron chi connectivity index (χ2n) is 9.16. The van der Waals surface area contributed by atoms with Gasteiger partial charge in [-0.15, -0.1) is 0 Å². The summed E-state index contributed by atoms with van der Waals surface area (Å²) in [5, 5.41) is 0. The molecule has 2 aliphatic rings. The number of hydrogen-bond donors (Lipinski definition) is 0. The van der Waals surface area contributed by atoms with Crippen LogP contribution in [0.25, 0.3) is 0 Å². The fourth-order valence-corrected chi connectivity index (χ4v) is 6.75. The molecule has 180 valence electrons. The lowest BCUT2D eigenvalue weighted by Crippen LogP contribution is -2.39. The Labute approximate surface area is 206 Å². The average molecular weight is 489 g/mol. The van der Waals surface area contributed by atoms with E-state index in [0.29, 0.717) is 24.6 Å². The summed E-state index contributed by atoms with van der Waals surface area (Å²) in [5.74, 6) is 0.0238. The monoisotopic (exact) mass is 488 g/mol. The van der Waals surface area contributed by atoms with Gasteiger partial charge in [-0.1, -0.05) is 42.5 Å². The molecule has 1 fully saturated rings. The highest BCUT2D eigenvalue weighted by molar-refractivity contribution is 7.91. The molecule has 0 N–H and O–H groups in total. The number of carbonyl (C=O) groups excluding carboxylic acids is 2. The topological polar surface area (TPSA) is 74.8 Å². The van der Waals surface area contributed by atoms with Crippen molar-refractivity contribution >= 4 is 27.3 Å². The Balaban J connectivity index is 1.40. The van der Waals surface area contributed by atoms with Gasteiger partial charge < -0.3 is 9.80 Å². The van der Waals surface area contributed by atoms with Crippen LogP contribution in [0.2, 0.25) is 0 Å². The normalized spacial score (nSPS) is 17.5. The lowest BCUT2D eigenvalue weighted by atomic mass is 9.90. The zero-order valence-electron chi connectivity index (χ0n) is 19.7. The average Bonchev–Trinajstić information content (AvgIpc) is 2.96. The molecule has 0 bridgehead atoms. The number of amides is 2. The number of rotatable bonds is 4. The van der Waals surface area contributed by atoms with E-state index >= 15 is 0 Å². The number of likely N-dealkylation sites (tertiary alicyclic amines) is 1. The molecule has 3 aromatic carbocycles. The minimum Gasteiger partial charge on any atom is -0.339 e. The van der Waals surface area contributed by atoms with Gasteiger partial charge in [0.05, 0.1) is 21.0 Å². The first-order valence-electron chi connectivity index (χ1n) is 12.0. The van der Waals surface area contributed by atoms with E-state index in [0.717, 1.165) is 19.3 Å². The highest BCUT2D eigenvalue weighted by Gasteiger charge is 2.35. The van der Waals surface area contributed by atoms with Crippen molar-refractivity contribution in [1.82, 2.24) is 4.90 Å². The Hall–Kier alpha value is -3.45. The van der Waals surface area contributed by atoms with E-state index in [4.69, 9.17) is 0 Å². The van der Waals surface area contributed by atoms with E-state index in [1.54, 1.807) is 31.2 Å². The first-order chi connectivity index (χ1) is 16.9. The van der Waals surface area contributed by atoms with Crippen molar-refractivity contribution in [3.63, 3.8) is 0 Å². The fraction of sp³-hybridized carbons (Fsp3) is 0.286. The number of piperidine rings is 1. The Morgan fingerprint density at radius 2 is 1.60 bits per heavy atom. The lowest BCUT2D eigenvalue weighted by molar-refractivity contribution is 0.0690. The van der Waals surface area contributed by atoms with Crippen LogP contribution in [0, 0.1) is 5.92 Å². The van der Waals surface area contributed by atoms with Gasteiger partial charge in [-0.2, -0.15) is 0 Å². The Kier molecular flexibility index (Phi) is 6.19. The van der Waals surface area contributed by atoms with Crippen molar-refractivity contribution in [3.8, 4) is 0 Å². The maximum Gasteiger partial charge on any atom is 0.259 e. The van der Waals surface area contributed by atoms with Crippen LogP contribution in [0.15, 0.2) is 82.6 Å². The van der Waals surface area contributed by atoms with Crippen LogP contribution in [0.1, 0.15) is 46.0 Å². The first kappa shape index (κ1) is 23.3. The molecule has 1 saturated heterocycles. The van der Waals surface area contributed by atoms with E-state index in [-0.39, 0.29) is 39.4 Å². The molecular formula is C28H28N2O4S. The third-order valence-corrected chi connectivity index (χ3v) is 8.88. The summed E-state index contributed by atoms with van der Waals surface area (Å²) in [6.45, 7) is 3.41. The largest absolute Gasteiger partial charge is 0.339 e. The summed E-state index contributed by atoms with van der Waals surface area (Å²) in [4.78, 5) is 30.0. The van der Waals surface area contributed by atoms with E-state index in [1.165, 1.54) is 28.7 Å². The molecule has 0 atom stereocenters. The summed E-state index contributed by atoms with van der Waals surface area (Å²) in [6, 6.07) is 21.3. The maximum atomic E-state index is 13.4. The molecule has 5 rings (SSSR count). The number of fused-ring (bicyclic) bond motifs is 2. The number of benzene rings is 3. The third-order valence-electron chi connectivity index (χ3n) is 7.02. The van der Waals surface area contributed by atoms with E-state index in [2.05, 4.69) is 24.3 Å². The first-order valence-corrected chi connectivity index (χ1v) is 13.5. The van der Waals surface area contributed by atoms with Crippen LogP contribution in [0.3, 0.4) is 0 Å². The molecular weight excluding hydrogens is 460 g/mol. The highest BCUT2D eigenvalue weighted by Crippen LogP contribution is 2.37. The van der Waals surface area contributed by atoms with Crippen LogP contribution < -0.4 is 4.90 Å². The molecule has 6 nitrogen and oxygen atoms in total. The van der Waals surface area contributed by atoms with Crippen molar-refractivity contribution < 1.29 is 18.0 Å². The Morgan fingerprint density at radius 3 is 2.31 bits per heavy atom. The zero-order chi connectivity index (χ0) is 24.6. The second-order valence-corrected chi connectivity index (χ2v) is 11.0. The molecule has 0 aliphatic carbocycles. The minimum atomic E-state index is -3.91. The predicted molar refractivity (Wildman–Crippen MR) is 134 cm³/mol. The van der Waals surface area contributed by atoms with Crippen molar-refractivity contribution in [1.29, 1.82) is 0 Å². The van der Waals surface area contributed by atoms with Crippen LogP contribution in [0.4, 0.5) is 5.69 Å². The second kappa shape index (κ2) is 9.30. The molecule has 35 heavy (non-hydrogen) atoms. The SMILES string of the molecule is CCN1C(=O)c2ccccc2S(=O)(=O)c2ccc(C(=O)N3CCC(Cc4ccccc4)CC3)cc21. The summed E-state index contributed by atoms with van der Waals surface area (Å²) in [6.07, 6.45) is 2.86. The van der Waals surface area contributed by atoms with Gasteiger partial charge in [-0.05, 0) is 68.0 Å². The molecule has 3 aromatic rings. The summed E-state index contributed by atoms with van der Waals surface area (Å²) in [5.41, 5.74) is 2.13. The standard InChI is InChI=1S/C28H28N2O4S/c1-2-30-24-19-22(12-13-26(24)35(33,34)25-11-7-6-10-23(25)28(30)32)27(31)29-16-14-21(15-17-29)18-20-8-4-3-5-9-20/h3-13,19,21H,2,14-18H2,1H3. The van der Waals surface area contributed by atoms with Gasteiger partial charge in [0.15, 0.2) is 0 Å². The summed E-state index contributed by atoms with van der Waals surface area (Å²) < 4.78 is 26.8. The summed E-state index contributed by atoms with van der Waals surface area (Å²) in [7, 11) is -3.91. The van der Waals surface area contributed by atoms with Crippen LogP contribution in [-0.4, -0.2) is 44.8 Å². The molecule has 0 unspecified atom stereocenters. The molecule has 2 heterocycles. The molecule has 2 aliphatic heterocycles. The third kappa shape index (κ3) is 4.25. The predicted octanol–water partition coefficient (Wildman–Crippen LogP) is 4.59. The van der Waals surface area contributed by atoms with Crippen molar-refractivity contribution in [2.24, 2.45) is 5.92 Å². The maximum absolute atomic E-state index is 13.4. The molecule has 0 saturated carbocycles. The smallest absolute Gasteiger partial charge is 0.259 e. The molecule has 0 radical (unpaired) electrons. The van der Waals surface area contributed by atoms with Gasteiger partial charge in [-0.3, -0.25) is 9.59 Å². The van der Waals surface area contributed by atoms with Crippen LogP contribution in [-0.2, 0) is 16.3 Å². The van der Waals surface area contributed by atoms with Crippen LogP contribution in [0.5, 0.6) is 0 Å². The molecule has 0 aromatic heterocycles. The Morgan fingerprint density at radius 1 is 0.914 bits per heavy atom. The molecule has 2 amide bonds. The van der Waals surface area contributed by atoms with Gasteiger partial charge in [0, 0.05) is 25.2 Å². The zero-order valence-corrected chi connectivity index (χ0v) is 20.5. The van der Waals surface area contributed by atoms with Gasteiger partial charge in [0.2, 0.25) is 9.84 Å². The Bertz CT molecular complexity index is 1380. The minimum absolute atomic E-state index is 0.00163. The van der Waals surface area contributed by atoms with Gasteiger partial charge in [0.25, 0.3) is 11.8 Å². The summed E-state index contributed by atoms with van der Waals surface area (Å²) >= 11 is 0. The van der Waals surface area contributed by atoms with Crippen molar-refractivity contribution in [3.05, 3.63) is 89.5 Å². The van der Waals surface area contributed by atoms with E-state index in [1.807, 2.05) is 11.0 Å². The highest BCUT2D eigenvalue weighted by atomic mass is 32.2. The number of sulfone groups is 1. The molecule has 0 spiro atoms. The fourth-order valence-electron chi connectivity index (χ4n) is 5.12. The lowest BCUT2D eigenvalue weighted by Gasteiger charge is -2.32. The number of hydrogen-bond acceptors (Lipinski definition) is 4. The van der Waals surface area contributed by atoms with E-state index in [9.17, 15) is 18.0 Å². The van der Waals surface area contributed by atoms with Crippen molar-refractivity contribution in [2.45, 2.75) is 36.0 Å². The van der Waals surface area contributed by atoms with Gasteiger partial charge in [-0.25, -0.2) is 8.42 Å². The van der Waals surface area contributed by atoms with E-state index < -0.39 is 9.84 Å². The van der Waals surface area contributed by atoms with Crippen molar-refractivity contribution in [2.75, 3.05) is 24.5 Å². The van der Waals surface area contributed by atoms with Gasteiger partial charge >= 0.3 is 0 Å². The molecule has 7 heteroatoms. The number of carbonyl (C=O) groups is 2. The number of anilines is 1. The number of nitrogens with zero attached hydrogens (tertiary/aromatic N) is 2. The quantitative estimate of drug-likeness (QED) is 0.538.